The molecule has 5 heteroatoms. The van der Waals surface area contributed by atoms with Gasteiger partial charge in [-0.2, -0.15) is 0 Å². The number of carboxylic acids is 1. The lowest BCUT2D eigenvalue weighted by Gasteiger charge is -2.27. The molecule has 1 saturated heterocycles. The van der Waals surface area contributed by atoms with Crippen LogP contribution in [0.5, 0.6) is 0 Å². The topological polar surface area (TPSA) is 75.6 Å². The highest BCUT2D eigenvalue weighted by Crippen LogP contribution is 2.24. The Bertz CT molecular complexity index is 550. The highest BCUT2D eigenvalue weighted by atomic mass is 16.5. The third-order valence-electron chi connectivity index (χ3n) is 4.48. The van der Waals surface area contributed by atoms with Gasteiger partial charge in [-0.05, 0) is 49.8 Å². The van der Waals surface area contributed by atoms with Crippen molar-refractivity contribution < 1.29 is 19.4 Å². The Kier molecular flexibility index (Phi) is 5.55. The van der Waals surface area contributed by atoms with Gasteiger partial charge in [-0.3, -0.25) is 9.59 Å². The quantitative estimate of drug-likeness (QED) is 0.874. The van der Waals surface area contributed by atoms with Crippen molar-refractivity contribution in [3.8, 4) is 0 Å². The van der Waals surface area contributed by atoms with Gasteiger partial charge >= 0.3 is 5.97 Å². The van der Waals surface area contributed by atoms with E-state index in [0.29, 0.717) is 18.8 Å². The Morgan fingerprint density at radius 1 is 1.32 bits per heavy atom. The zero-order chi connectivity index (χ0) is 16.1. The van der Waals surface area contributed by atoms with Crippen LogP contribution in [0, 0.1) is 25.7 Å². The molecule has 120 valence electrons. The summed E-state index contributed by atoms with van der Waals surface area (Å²) in [7, 11) is 0. The van der Waals surface area contributed by atoms with E-state index in [1.54, 1.807) is 6.07 Å². The maximum atomic E-state index is 12.3. The molecule has 1 atom stereocenters. The number of ether oxygens (including phenoxy) is 1. The van der Waals surface area contributed by atoms with Crippen molar-refractivity contribution in [2.75, 3.05) is 19.8 Å². The normalized spacial score (nSPS) is 17.0. The lowest BCUT2D eigenvalue weighted by Crippen LogP contribution is -2.39. The van der Waals surface area contributed by atoms with Gasteiger partial charge in [-0.25, -0.2) is 0 Å². The molecule has 1 aliphatic rings. The number of carboxylic acid groups (broad SMARTS) is 1. The van der Waals surface area contributed by atoms with Crippen LogP contribution in [-0.4, -0.2) is 36.7 Å². The highest BCUT2D eigenvalue weighted by Gasteiger charge is 2.30. The Balaban J connectivity index is 2.01. The molecule has 1 heterocycles. The fourth-order valence-electron chi connectivity index (χ4n) is 2.87. The molecule has 0 spiro atoms. The summed E-state index contributed by atoms with van der Waals surface area (Å²) in [6, 6.07) is 5.56. The number of nitrogens with one attached hydrogen (secondary N) is 1. The van der Waals surface area contributed by atoms with Crippen LogP contribution >= 0.6 is 0 Å². The van der Waals surface area contributed by atoms with E-state index in [4.69, 9.17) is 4.74 Å². The van der Waals surface area contributed by atoms with Gasteiger partial charge in [0.15, 0.2) is 0 Å². The fourth-order valence-corrected chi connectivity index (χ4v) is 2.87. The number of aryl methyl sites for hydroxylation is 1. The first-order chi connectivity index (χ1) is 10.5. The standard InChI is InChI=1S/C17H23NO4/c1-11-4-3-5-14(12(11)2)16(19)18-10-15(17(20)21)13-6-8-22-9-7-13/h3-5,13,15H,6-10H2,1-2H3,(H,18,19)(H,20,21). The predicted octanol–water partition coefficient (Wildman–Crippen LogP) is 2.16. The van der Waals surface area contributed by atoms with Crippen LogP contribution in [0.1, 0.15) is 34.3 Å². The zero-order valence-electron chi connectivity index (χ0n) is 13.1. The smallest absolute Gasteiger partial charge is 0.308 e. The second-order valence-electron chi connectivity index (χ2n) is 5.85. The largest absolute Gasteiger partial charge is 0.481 e. The Morgan fingerprint density at radius 3 is 2.64 bits per heavy atom. The summed E-state index contributed by atoms with van der Waals surface area (Å²) >= 11 is 0. The van der Waals surface area contributed by atoms with Crippen LogP contribution in [0.25, 0.3) is 0 Å². The average molecular weight is 305 g/mol. The number of rotatable bonds is 5. The molecular weight excluding hydrogens is 282 g/mol. The molecule has 5 nitrogen and oxygen atoms in total. The van der Waals surface area contributed by atoms with E-state index in [1.807, 2.05) is 26.0 Å². The van der Waals surface area contributed by atoms with Crippen molar-refractivity contribution >= 4 is 11.9 Å². The number of hydrogen-bond acceptors (Lipinski definition) is 3. The number of carbonyl (C=O) groups excluding carboxylic acids is 1. The highest BCUT2D eigenvalue weighted by molar-refractivity contribution is 5.96. The van der Waals surface area contributed by atoms with E-state index >= 15 is 0 Å². The molecule has 0 bridgehead atoms. The first kappa shape index (κ1) is 16.5. The summed E-state index contributed by atoms with van der Waals surface area (Å²) < 4.78 is 5.27. The summed E-state index contributed by atoms with van der Waals surface area (Å²) in [5.41, 5.74) is 2.58. The summed E-state index contributed by atoms with van der Waals surface area (Å²) in [6.07, 6.45) is 1.46. The molecule has 1 fully saturated rings. The van der Waals surface area contributed by atoms with Crippen molar-refractivity contribution in [2.45, 2.75) is 26.7 Å². The summed E-state index contributed by atoms with van der Waals surface area (Å²) in [6.45, 7) is 5.20. The van der Waals surface area contributed by atoms with Gasteiger partial charge in [-0.1, -0.05) is 12.1 Å². The number of aliphatic carboxylic acids is 1. The summed E-state index contributed by atoms with van der Waals surface area (Å²) in [5.74, 6) is -1.56. The molecule has 1 unspecified atom stereocenters. The van der Waals surface area contributed by atoms with Gasteiger partial charge in [0.1, 0.15) is 0 Å². The van der Waals surface area contributed by atoms with Crippen LogP contribution < -0.4 is 5.32 Å². The number of hydrogen-bond donors (Lipinski definition) is 2. The van der Waals surface area contributed by atoms with Crippen LogP contribution in [-0.2, 0) is 9.53 Å². The molecular formula is C17H23NO4. The third kappa shape index (κ3) is 3.85. The molecule has 0 aliphatic carbocycles. The van der Waals surface area contributed by atoms with E-state index < -0.39 is 11.9 Å². The average Bonchev–Trinajstić information content (AvgIpc) is 2.50. The minimum atomic E-state index is -0.854. The first-order valence-electron chi connectivity index (χ1n) is 7.65. The second-order valence-corrected chi connectivity index (χ2v) is 5.85. The maximum Gasteiger partial charge on any atom is 0.308 e. The van der Waals surface area contributed by atoms with Gasteiger partial charge in [0, 0.05) is 25.3 Å². The molecule has 2 rings (SSSR count). The van der Waals surface area contributed by atoms with Gasteiger partial charge in [0.05, 0.1) is 5.92 Å². The number of benzene rings is 1. The second kappa shape index (κ2) is 7.40. The lowest BCUT2D eigenvalue weighted by atomic mass is 9.86. The van der Waals surface area contributed by atoms with Crippen molar-refractivity contribution in [1.82, 2.24) is 5.32 Å². The SMILES string of the molecule is Cc1cccc(C(=O)NCC(C(=O)O)C2CCOCC2)c1C. The predicted molar refractivity (Wildman–Crippen MR) is 82.9 cm³/mol. The molecule has 0 saturated carbocycles. The third-order valence-corrected chi connectivity index (χ3v) is 4.48. The Labute approximate surface area is 130 Å². The molecule has 1 aromatic rings. The van der Waals surface area contributed by atoms with Crippen LogP contribution in [0.15, 0.2) is 18.2 Å². The molecule has 1 amide bonds. The van der Waals surface area contributed by atoms with Gasteiger partial charge in [0.25, 0.3) is 5.91 Å². The summed E-state index contributed by atoms with van der Waals surface area (Å²) in [5, 5.41) is 12.2. The van der Waals surface area contributed by atoms with E-state index in [0.717, 1.165) is 24.0 Å². The maximum absolute atomic E-state index is 12.3. The molecule has 22 heavy (non-hydrogen) atoms. The van der Waals surface area contributed by atoms with Crippen LogP contribution in [0.3, 0.4) is 0 Å². The molecule has 1 aliphatic heterocycles. The number of amides is 1. The van der Waals surface area contributed by atoms with E-state index in [1.165, 1.54) is 0 Å². The Morgan fingerprint density at radius 2 is 2.00 bits per heavy atom. The minimum absolute atomic E-state index is 0.0603. The van der Waals surface area contributed by atoms with E-state index in [-0.39, 0.29) is 18.4 Å². The number of carbonyl (C=O) groups is 2. The lowest BCUT2D eigenvalue weighted by molar-refractivity contribution is -0.144. The van der Waals surface area contributed by atoms with Crippen LogP contribution in [0.4, 0.5) is 0 Å². The molecule has 0 radical (unpaired) electrons. The van der Waals surface area contributed by atoms with Crippen molar-refractivity contribution in [3.05, 3.63) is 34.9 Å². The minimum Gasteiger partial charge on any atom is -0.481 e. The van der Waals surface area contributed by atoms with Gasteiger partial charge < -0.3 is 15.2 Å². The van der Waals surface area contributed by atoms with Crippen molar-refractivity contribution in [2.24, 2.45) is 11.8 Å². The van der Waals surface area contributed by atoms with Crippen molar-refractivity contribution in [3.63, 3.8) is 0 Å². The van der Waals surface area contributed by atoms with E-state index in [2.05, 4.69) is 5.32 Å². The van der Waals surface area contributed by atoms with Gasteiger partial charge in [0.2, 0.25) is 0 Å². The molecule has 2 N–H and O–H groups in total. The molecule has 0 aromatic heterocycles. The van der Waals surface area contributed by atoms with Crippen LogP contribution in [0.2, 0.25) is 0 Å². The van der Waals surface area contributed by atoms with E-state index in [9.17, 15) is 14.7 Å². The van der Waals surface area contributed by atoms with Gasteiger partial charge in [-0.15, -0.1) is 0 Å². The molecule has 1 aromatic carbocycles. The first-order valence-corrected chi connectivity index (χ1v) is 7.65. The summed E-state index contributed by atoms with van der Waals surface area (Å²) in [4.78, 5) is 23.8. The zero-order valence-corrected chi connectivity index (χ0v) is 13.1. The van der Waals surface area contributed by atoms with Crippen molar-refractivity contribution in [1.29, 1.82) is 0 Å². The monoisotopic (exact) mass is 305 g/mol. The Hall–Kier alpha value is -1.88. The fraction of sp³-hybridized carbons (Fsp3) is 0.529.